The molecule has 0 saturated heterocycles. The smallest absolute Gasteiger partial charge is 0.224 e. The summed E-state index contributed by atoms with van der Waals surface area (Å²) < 4.78 is 26.4. The molecule has 0 spiro atoms. The lowest BCUT2D eigenvalue weighted by molar-refractivity contribution is -0.117. The maximum atomic E-state index is 13.5. The fourth-order valence-corrected chi connectivity index (χ4v) is 1.45. The molecule has 1 rings (SSSR count). The second-order valence-corrected chi connectivity index (χ2v) is 5.87. The Labute approximate surface area is 112 Å². The van der Waals surface area contributed by atoms with Gasteiger partial charge in [0.1, 0.15) is 11.6 Å². The van der Waals surface area contributed by atoms with Crippen molar-refractivity contribution in [2.75, 3.05) is 11.1 Å². The number of amides is 1. The summed E-state index contributed by atoms with van der Waals surface area (Å²) in [7, 11) is 0. The monoisotopic (exact) mass is 270 g/mol. The Morgan fingerprint density at radius 3 is 2.42 bits per heavy atom. The highest BCUT2D eigenvalue weighted by Crippen LogP contribution is 2.28. The van der Waals surface area contributed by atoms with Gasteiger partial charge in [0.05, 0.1) is 11.4 Å². The largest absolute Gasteiger partial charge is 0.396 e. The van der Waals surface area contributed by atoms with E-state index in [4.69, 9.17) is 5.73 Å². The molecule has 0 bridgehead atoms. The Hall–Kier alpha value is -1.65. The standard InChI is InChI=1S/C14H20F2N2O/c1-8(14(2,3)4)5-13(19)18-12-7-11(17)9(15)6-10(12)16/h6-8H,5,17H2,1-4H3,(H,18,19). The van der Waals surface area contributed by atoms with E-state index >= 15 is 0 Å². The third kappa shape index (κ3) is 4.19. The molecule has 5 heteroatoms. The molecule has 0 aliphatic heterocycles. The van der Waals surface area contributed by atoms with Gasteiger partial charge in [-0.05, 0) is 17.4 Å². The first kappa shape index (κ1) is 15.4. The van der Waals surface area contributed by atoms with Gasteiger partial charge in [-0.25, -0.2) is 8.78 Å². The number of carbonyl (C=O) groups is 1. The van der Waals surface area contributed by atoms with Crippen LogP contribution in [0.2, 0.25) is 0 Å². The van der Waals surface area contributed by atoms with Gasteiger partial charge in [0.25, 0.3) is 0 Å². The molecule has 1 atom stereocenters. The minimum atomic E-state index is -0.835. The Balaban J connectivity index is 2.76. The zero-order chi connectivity index (χ0) is 14.8. The minimum absolute atomic E-state index is 0.0162. The highest BCUT2D eigenvalue weighted by Gasteiger charge is 2.23. The quantitative estimate of drug-likeness (QED) is 0.825. The van der Waals surface area contributed by atoms with Gasteiger partial charge < -0.3 is 11.1 Å². The summed E-state index contributed by atoms with van der Waals surface area (Å²) in [6, 6.07) is 1.75. The van der Waals surface area contributed by atoms with Gasteiger partial charge in [0.2, 0.25) is 5.91 Å². The van der Waals surface area contributed by atoms with Crippen LogP contribution in [-0.2, 0) is 4.79 Å². The summed E-state index contributed by atoms with van der Waals surface area (Å²) in [5.74, 6) is -1.84. The van der Waals surface area contributed by atoms with Crippen molar-refractivity contribution in [3.8, 4) is 0 Å². The zero-order valence-electron chi connectivity index (χ0n) is 11.7. The van der Waals surface area contributed by atoms with Crippen LogP contribution in [0.3, 0.4) is 0 Å². The highest BCUT2D eigenvalue weighted by atomic mass is 19.1. The number of nitrogens with two attached hydrogens (primary N) is 1. The van der Waals surface area contributed by atoms with E-state index in [1.54, 1.807) is 0 Å². The van der Waals surface area contributed by atoms with Gasteiger partial charge in [-0.15, -0.1) is 0 Å². The molecular weight excluding hydrogens is 250 g/mol. The van der Waals surface area contributed by atoms with Crippen LogP contribution in [0.1, 0.15) is 34.1 Å². The summed E-state index contributed by atoms with van der Waals surface area (Å²) in [5, 5.41) is 2.42. The number of benzene rings is 1. The molecule has 1 aromatic carbocycles. The van der Waals surface area contributed by atoms with Gasteiger partial charge in [0.15, 0.2) is 0 Å². The van der Waals surface area contributed by atoms with Crippen molar-refractivity contribution in [3.05, 3.63) is 23.8 Å². The molecule has 19 heavy (non-hydrogen) atoms. The first-order valence-electron chi connectivity index (χ1n) is 6.15. The fourth-order valence-electron chi connectivity index (χ4n) is 1.45. The van der Waals surface area contributed by atoms with Crippen molar-refractivity contribution in [2.24, 2.45) is 11.3 Å². The Morgan fingerprint density at radius 2 is 1.89 bits per heavy atom. The molecule has 0 fully saturated rings. The van der Waals surface area contributed by atoms with Gasteiger partial charge in [-0.3, -0.25) is 4.79 Å². The van der Waals surface area contributed by atoms with Crippen LogP contribution in [0.4, 0.5) is 20.2 Å². The van der Waals surface area contributed by atoms with E-state index in [9.17, 15) is 13.6 Å². The number of hydrogen-bond acceptors (Lipinski definition) is 2. The topological polar surface area (TPSA) is 55.1 Å². The van der Waals surface area contributed by atoms with E-state index in [1.807, 2.05) is 27.7 Å². The maximum Gasteiger partial charge on any atom is 0.224 e. The lowest BCUT2D eigenvalue weighted by Crippen LogP contribution is -2.24. The third-order valence-corrected chi connectivity index (χ3v) is 3.33. The lowest BCUT2D eigenvalue weighted by atomic mass is 9.80. The van der Waals surface area contributed by atoms with Crippen molar-refractivity contribution >= 4 is 17.3 Å². The van der Waals surface area contributed by atoms with E-state index in [1.165, 1.54) is 0 Å². The summed E-state index contributed by atoms with van der Waals surface area (Å²) in [6.07, 6.45) is 0.264. The molecule has 0 aliphatic carbocycles. The maximum absolute atomic E-state index is 13.5. The van der Waals surface area contributed by atoms with E-state index in [2.05, 4.69) is 5.32 Å². The van der Waals surface area contributed by atoms with Crippen LogP contribution in [0.25, 0.3) is 0 Å². The number of halogens is 2. The molecule has 1 aromatic rings. The average Bonchev–Trinajstić information content (AvgIpc) is 2.24. The van der Waals surface area contributed by atoms with Crippen molar-refractivity contribution in [1.29, 1.82) is 0 Å². The molecule has 0 aliphatic rings. The molecule has 0 saturated carbocycles. The first-order valence-corrected chi connectivity index (χ1v) is 6.15. The van der Waals surface area contributed by atoms with Crippen LogP contribution in [0, 0.1) is 23.0 Å². The number of nitrogens with one attached hydrogen (secondary N) is 1. The number of anilines is 2. The van der Waals surface area contributed by atoms with Crippen LogP contribution in [0.15, 0.2) is 12.1 Å². The van der Waals surface area contributed by atoms with E-state index in [0.29, 0.717) is 6.07 Å². The van der Waals surface area contributed by atoms with E-state index < -0.39 is 11.6 Å². The molecule has 1 unspecified atom stereocenters. The summed E-state index contributed by atoms with van der Waals surface area (Å²) >= 11 is 0. The molecule has 3 N–H and O–H groups in total. The normalized spacial score (nSPS) is 13.2. The van der Waals surface area contributed by atoms with Crippen LogP contribution in [0.5, 0.6) is 0 Å². The highest BCUT2D eigenvalue weighted by molar-refractivity contribution is 5.91. The SMILES string of the molecule is CC(CC(=O)Nc1cc(N)c(F)cc1F)C(C)(C)C. The fraction of sp³-hybridized carbons (Fsp3) is 0.500. The summed E-state index contributed by atoms with van der Waals surface area (Å²) in [6.45, 7) is 8.04. The van der Waals surface area contributed by atoms with Gasteiger partial charge >= 0.3 is 0 Å². The molecule has 0 heterocycles. The van der Waals surface area contributed by atoms with Gasteiger partial charge in [-0.2, -0.15) is 0 Å². The molecule has 1 amide bonds. The van der Waals surface area contributed by atoms with E-state index in [0.717, 1.165) is 6.07 Å². The molecule has 3 nitrogen and oxygen atoms in total. The summed E-state index contributed by atoms with van der Waals surface area (Å²) in [4.78, 5) is 11.8. The Kier molecular flexibility index (Phi) is 4.50. The van der Waals surface area contributed by atoms with Crippen LogP contribution >= 0.6 is 0 Å². The molecule has 0 radical (unpaired) electrons. The second kappa shape index (κ2) is 5.55. The number of nitrogen functional groups attached to an aromatic ring is 1. The number of carbonyl (C=O) groups excluding carboxylic acids is 1. The van der Waals surface area contributed by atoms with Crippen molar-refractivity contribution in [1.82, 2.24) is 0 Å². The number of hydrogen-bond donors (Lipinski definition) is 2. The molecule has 106 valence electrons. The van der Waals surface area contributed by atoms with E-state index in [-0.39, 0.29) is 35.0 Å². The first-order chi connectivity index (χ1) is 8.61. The van der Waals surface area contributed by atoms with Gasteiger partial charge in [0, 0.05) is 12.5 Å². The number of rotatable bonds is 3. The molecular formula is C14H20F2N2O. The van der Waals surface area contributed by atoms with Crippen LogP contribution in [-0.4, -0.2) is 5.91 Å². The lowest BCUT2D eigenvalue weighted by Gasteiger charge is -2.26. The Morgan fingerprint density at radius 1 is 1.32 bits per heavy atom. The predicted octanol–water partition coefficient (Wildman–Crippen LogP) is 3.56. The third-order valence-electron chi connectivity index (χ3n) is 3.33. The second-order valence-electron chi connectivity index (χ2n) is 5.87. The Bertz CT molecular complexity index is 481. The average molecular weight is 270 g/mol. The van der Waals surface area contributed by atoms with Crippen molar-refractivity contribution < 1.29 is 13.6 Å². The van der Waals surface area contributed by atoms with Gasteiger partial charge in [-0.1, -0.05) is 27.7 Å². The van der Waals surface area contributed by atoms with Crippen molar-refractivity contribution in [3.63, 3.8) is 0 Å². The minimum Gasteiger partial charge on any atom is -0.396 e. The molecule has 0 aromatic heterocycles. The van der Waals surface area contributed by atoms with Crippen molar-refractivity contribution in [2.45, 2.75) is 34.1 Å². The zero-order valence-corrected chi connectivity index (χ0v) is 11.7. The van der Waals surface area contributed by atoms with Crippen LogP contribution < -0.4 is 11.1 Å². The summed E-state index contributed by atoms with van der Waals surface area (Å²) in [5.41, 5.74) is 5.04. The predicted molar refractivity (Wildman–Crippen MR) is 72.6 cm³/mol.